The van der Waals surface area contributed by atoms with Crippen LogP contribution in [0.2, 0.25) is 0 Å². The number of benzene rings is 1. The molecule has 0 radical (unpaired) electrons. The first kappa shape index (κ1) is 14.9. The van der Waals surface area contributed by atoms with Gasteiger partial charge in [-0.25, -0.2) is 4.98 Å². The van der Waals surface area contributed by atoms with Crippen LogP contribution in [-0.4, -0.2) is 16.7 Å². The molecule has 3 aromatic rings. The lowest BCUT2D eigenvalue weighted by atomic mass is 10.1. The first-order chi connectivity index (χ1) is 11.1. The summed E-state index contributed by atoms with van der Waals surface area (Å²) in [6, 6.07) is 15.5. The zero-order chi connectivity index (χ0) is 16.2. The number of nitrogen functional groups attached to an aromatic ring is 1. The van der Waals surface area contributed by atoms with E-state index in [1.165, 1.54) is 17.5 Å². The average Bonchev–Trinajstić information content (AvgIpc) is 3.04. The molecular weight excluding hydrogens is 310 g/mol. The number of ketones is 1. The molecule has 0 atom stereocenters. The summed E-state index contributed by atoms with van der Waals surface area (Å²) in [6.45, 7) is 0. The highest BCUT2D eigenvalue weighted by atomic mass is 32.1. The van der Waals surface area contributed by atoms with Crippen LogP contribution in [0.3, 0.4) is 0 Å². The van der Waals surface area contributed by atoms with Crippen molar-refractivity contribution in [3.05, 3.63) is 76.8 Å². The van der Waals surface area contributed by atoms with Crippen molar-refractivity contribution >= 4 is 33.8 Å². The number of nitrogens with one attached hydrogen (secondary N) is 1. The second-order valence-electron chi connectivity index (χ2n) is 4.75. The van der Waals surface area contributed by atoms with Crippen LogP contribution in [-0.2, 0) is 0 Å². The largest absolute Gasteiger partial charge is 0.383 e. The molecule has 0 spiro atoms. The highest BCUT2D eigenvalue weighted by molar-refractivity contribution is 7.18. The van der Waals surface area contributed by atoms with Crippen LogP contribution in [0.5, 0.6) is 0 Å². The van der Waals surface area contributed by atoms with Gasteiger partial charge in [0.1, 0.15) is 5.82 Å². The second kappa shape index (κ2) is 6.41. The highest BCUT2D eigenvalue weighted by Crippen LogP contribution is 2.26. The lowest BCUT2D eigenvalue weighted by Crippen LogP contribution is -2.10. The highest BCUT2D eigenvalue weighted by Gasteiger charge is 2.16. The van der Waals surface area contributed by atoms with Gasteiger partial charge in [0.25, 0.3) is 5.91 Å². The Bertz CT molecular complexity index is 859. The lowest BCUT2D eigenvalue weighted by Gasteiger charge is -2.02. The van der Waals surface area contributed by atoms with Crippen molar-refractivity contribution in [1.82, 2.24) is 4.98 Å². The number of nitrogens with two attached hydrogens (primary N) is 1. The normalized spacial score (nSPS) is 10.3. The van der Waals surface area contributed by atoms with Crippen molar-refractivity contribution in [2.75, 3.05) is 11.1 Å². The average molecular weight is 323 g/mol. The number of rotatable bonds is 4. The Hall–Kier alpha value is -2.99. The fraction of sp³-hybridized carbons (Fsp3) is 0. The molecule has 0 aliphatic heterocycles. The number of nitrogens with zero attached hydrogens (tertiary/aromatic N) is 1. The molecule has 0 saturated carbocycles. The Morgan fingerprint density at radius 3 is 2.52 bits per heavy atom. The van der Waals surface area contributed by atoms with Gasteiger partial charge >= 0.3 is 0 Å². The third-order valence-corrected chi connectivity index (χ3v) is 4.19. The standard InChI is InChI=1S/C17H13N3O2S/c18-16-12(7-4-10-19-16)15(21)13-8-9-14(23-13)20-17(22)11-5-2-1-3-6-11/h1-10H,(H2,18,19)(H,20,22). The predicted octanol–water partition coefficient (Wildman–Crippen LogP) is 3.21. The minimum absolute atomic E-state index is 0.195. The van der Waals surface area contributed by atoms with E-state index in [4.69, 9.17) is 5.73 Å². The quantitative estimate of drug-likeness (QED) is 0.722. The van der Waals surface area contributed by atoms with Crippen molar-refractivity contribution in [1.29, 1.82) is 0 Å². The van der Waals surface area contributed by atoms with Crippen LogP contribution in [0.15, 0.2) is 60.8 Å². The molecule has 2 heterocycles. The summed E-state index contributed by atoms with van der Waals surface area (Å²) >= 11 is 1.20. The van der Waals surface area contributed by atoms with Gasteiger partial charge in [0.2, 0.25) is 5.78 Å². The van der Waals surface area contributed by atoms with E-state index in [0.717, 1.165) is 0 Å². The van der Waals surface area contributed by atoms with Crippen molar-refractivity contribution < 1.29 is 9.59 Å². The Morgan fingerprint density at radius 2 is 1.78 bits per heavy atom. The van der Waals surface area contributed by atoms with Gasteiger partial charge in [-0.15, -0.1) is 11.3 Å². The zero-order valence-electron chi connectivity index (χ0n) is 12.0. The number of pyridine rings is 1. The number of carbonyl (C=O) groups excluding carboxylic acids is 2. The number of thiophene rings is 1. The fourth-order valence-corrected chi connectivity index (χ4v) is 2.90. The van der Waals surface area contributed by atoms with Crippen molar-refractivity contribution in [2.24, 2.45) is 0 Å². The van der Waals surface area contributed by atoms with E-state index < -0.39 is 0 Å². The molecule has 5 nitrogen and oxygen atoms in total. The number of aromatic nitrogens is 1. The van der Waals surface area contributed by atoms with Crippen molar-refractivity contribution in [2.45, 2.75) is 0 Å². The van der Waals surface area contributed by atoms with E-state index in [1.807, 2.05) is 6.07 Å². The Kier molecular flexibility index (Phi) is 4.16. The fourth-order valence-electron chi connectivity index (χ4n) is 2.04. The molecule has 1 aromatic carbocycles. The van der Waals surface area contributed by atoms with E-state index in [0.29, 0.717) is 21.0 Å². The molecule has 0 unspecified atom stereocenters. The SMILES string of the molecule is Nc1ncccc1C(=O)c1ccc(NC(=O)c2ccccc2)s1. The van der Waals surface area contributed by atoms with Crippen LogP contribution in [0.4, 0.5) is 10.8 Å². The summed E-state index contributed by atoms with van der Waals surface area (Å²) in [6.07, 6.45) is 1.53. The number of hydrogen-bond acceptors (Lipinski definition) is 5. The molecule has 114 valence electrons. The molecule has 3 rings (SSSR count). The van der Waals surface area contributed by atoms with E-state index >= 15 is 0 Å². The maximum absolute atomic E-state index is 12.4. The smallest absolute Gasteiger partial charge is 0.256 e. The van der Waals surface area contributed by atoms with Gasteiger partial charge < -0.3 is 11.1 Å². The molecule has 1 amide bonds. The minimum Gasteiger partial charge on any atom is -0.383 e. The van der Waals surface area contributed by atoms with Crippen LogP contribution in [0.1, 0.15) is 25.6 Å². The van der Waals surface area contributed by atoms with Crippen LogP contribution >= 0.6 is 11.3 Å². The molecule has 0 fully saturated rings. The predicted molar refractivity (Wildman–Crippen MR) is 90.8 cm³/mol. The van der Waals surface area contributed by atoms with Gasteiger partial charge in [0.05, 0.1) is 15.4 Å². The number of amides is 1. The van der Waals surface area contributed by atoms with Crippen LogP contribution < -0.4 is 11.1 Å². The summed E-state index contributed by atoms with van der Waals surface area (Å²) in [4.78, 5) is 28.9. The molecule has 6 heteroatoms. The van der Waals surface area contributed by atoms with Gasteiger partial charge in [-0.3, -0.25) is 9.59 Å². The van der Waals surface area contributed by atoms with E-state index in [9.17, 15) is 9.59 Å². The van der Waals surface area contributed by atoms with E-state index in [2.05, 4.69) is 10.3 Å². The Labute approximate surface area is 136 Å². The molecule has 3 N–H and O–H groups in total. The summed E-state index contributed by atoms with van der Waals surface area (Å²) in [7, 11) is 0. The maximum atomic E-state index is 12.4. The lowest BCUT2D eigenvalue weighted by molar-refractivity contribution is 0.102. The maximum Gasteiger partial charge on any atom is 0.256 e. The van der Waals surface area contributed by atoms with Crippen molar-refractivity contribution in [3.63, 3.8) is 0 Å². The molecule has 0 aliphatic carbocycles. The minimum atomic E-state index is -0.215. The van der Waals surface area contributed by atoms with Crippen LogP contribution in [0, 0.1) is 0 Å². The Balaban J connectivity index is 1.77. The van der Waals surface area contributed by atoms with E-state index in [-0.39, 0.29) is 17.5 Å². The third-order valence-electron chi connectivity index (χ3n) is 3.19. The molecular formula is C17H13N3O2S. The first-order valence-electron chi connectivity index (χ1n) is 6.86. The monoisotopic (exact) mass is 323 g/mol. The summed E-state index contributed by atoms with van der Waals surface area (Å²) in [5.74, 6) is -0.228. The van der Waals surface area contributed by atoms with Gasteiger partial charge in [0, 0.05) is 11.8 Å². The summed E-state index contributed by atoms with van der Waals surface area (Å²) < 4.78 is 0. The molecule has 23 heavy (non-hydrogen) atoms. The van der Waals surface area contributed by atoms with Gasteiger partial charge in [-0.05, 0) is 36.4 Å². The zero-order valence-corrected chi connectivity index (χ0v) is 12.8. The van der Waals surface area contributed by atoms with Gasteiger partial charge in [0.15, 0.2) is 0 Å². The molecule has 0 aliphatic rings. The summed E-state index contributed by atoms with van der Waals surface area (Å²) in [5, 5.41) is 3.38. The topological polar surface area (TPSA) is 85.1 Å². The first-order valence-corrected chi connectivity index (χ1v) is 7.68. The van der Waals surface area contributed by atoms with Gasteiger partial charge in [-0.1, -0.05) is 18.2 Å². The molecule has 2 aromatic heterocycles. The van der Waals surface area contributed by atoms with Gasteiger partial charge in [-0.2, -0.15) is 0 Å². The second-order valence-corrected chi connectivity index (χ2v) is 5.83. The summed E-state index contributed by atoms with van der Waals surface area (Å²) in [5.41, 5.74) is 6.64. The third kappa shape index (κ3) is 3.27. The number of hydrogen-bond donors (Lipinski definition) is 2. The molecule has 0 saturated heterocycles. The van der Waals surface area contributed by atoms with Crippen molar-refractivity contribution in [3.8, 4) is 0 Å². The number of carbonyl (C=O) groups is 2. The number of anilines is 2. The van der Waals surface area contributed by atoms with Crippen LogP contribution in [0.25, 0.3) is 0 Å². The van der Waals surface area contributed by atoms with E-state index in [1.54, 1.807) is 48.5 Å². The Morgan fingerprint density at radius 1 is 1.00 bits per heavy atom. The molecule has 0 bridgehead atoms.